The van der Waals surface area contributed by atoms with Gasteiger partial charge in [0.05, 0.1) is 11.4 Å². The number of pyridine rings is 1. The summed E-state index contributed by atoms with van der Waals surface area (Å²) < 4.78 is 1.79. The highest BCUT2D eigenvalue weighted by Crippen LogP contribution is 2.20. The lowest BCUT2D eigenvalue weighted by molar-refractivity contribution is 0.511. The molecule has 0 bridgehead atoms. The number of nitrogens with zero attached hydrogens (tertiary/aromatic N) is 1. The average molecular weight is 270 g/mol. The van der Waals surface area contributed by atoms with Crippen LogP contribution >= 0.6 is 0 Å². The van der Waals surface area contributed by atoms with Gasteiger partial charge in [0.1, 0.15) is 0 Å². The van der Waals surface area contributed by atoms with E-state index < -0.39 is 0 Å². The van der Waals surface area contributed by atoms with Gasteiger partial charge in [0.2, 0.25) is 0 Å². The Morgan fingerprint density at radius 3 is 2.35 bits per heavy atom. The molecule has 2 N–H and O–H groups in total. The van der Waals surface area contributed by atoms with Crippen LogP contribution in [0, 0.1) is 12.8 Å². The van der Waals surface area contributed by atoms with E-state index >= 15 is 0 Å². The molecule has 0 spiro atoms. The summed E-state index contributed by atoms with van der Waals surface area (Å²) in [5.74, 6) is 0.550. The second kappa shape index (κ2) is 5.95. The maximum atomic E-state index is 12.3. The Hall–Kier alpha value is -2.03. The highest BCUT2D eigenvalue weighted by atomic mass is 16.1. The summed E-state index contributed by atoms with van der Waals surface area (Å²) in [6.07, 6.45) is 0.961. The summed E-state index contributed by atoms with van der Waals surface area (Å²) in [6.45, 7) is 7.06. The van der Waals surface area contributed by atoms with Crippen LogP contribution < -0.4 is 11.3 Å². The fourth-order valence-corrected chi connectivity index (χ4v) is 2.18. The molecule has 106 valence electrons. The Morgan fingerprint density at radius 2 is 1.75 bits per heavy atom. The van der Waals surface area contributed by atoms with Crippen molar-refractivity contribution < 1.29 is 0 Å². The van der Waals surface area contributed by atoms with E-state index in [1.54, 1.807) is 10.6 Å². The molecule has 0 saturated heterocycles. The predicted octanol–water partition coefficient (Wildman–Crippen LogP) is 3.45. The van der Waals surface area contributed by atoms with E-state index in [1.165, 1.54) is 5.56 Å². The Kier molecular flexibility index (Phi) is 4.28. The molecule has 0 fully saturated rings. The zero-order valence-corrected chi connectivity index (χ0v) is 12.4. The molecular formula is C17H22N2O. The van der Waals surface area contributed by atoms with Gasteiger partial charge < -0.3 is 10.3 Å². The summed E-state index contributed by atoms with van der Waals surface area (Å²) in [4.78, 5) is 12.3. The first-order valence-electron chi connectivity index (χ1n) is 7.05. The summed E-state index contributed by atoms with van der Waals surface area (Å²) >= 11 is 0. The smallest absolute Gasteiger partial charge is 0.274 e. The number of aryl methyl sites for hydroxylation is 1. The van der Waals surface area contributed by atoms with Gasteiger partial charge in [-0.15, -0.1) is 0 Å². The van der Waals surface area contributed by atoms with Gasteiger partial charge in [-0.05, 0) is 37.0 Å². The Labute approximate surface area is 120 Å². The second-order valence-corrected chi connectivity index (χ2v) is 5.68. The molecule has 0 saturated carbocycles. The molecule has 0 unspecified atom stereocenters. The van der Waals surface area contributed by atoms with Crippen LogP contribution in [0.1, 0.15) is 25.8 Å². The van der Waals surface area contributed by atoms with Crippen molar-refractivity contribution in [1.82, 2.24) is 4.57 Å². The fourth-order valence-electron chi connectivity index (χ4n) is 2.18. The minimum atomic E-state index is -0.0938. The highest BCUT2D eigenvalue weighted by molar-refractivity contribution is 5.61. The molecule has 0 amide bonds. The molecule has 3 heteroatoms. The molecule has 3 nitrogen and oxygen atoms in total. The van der Waals surface area contributed by atoms with E-state index in [-0.39, 0.29) is 5.56 Å². The summed E-state index contributed by atoms with van der Waals surface area (Å²) in [6, 6.07) is 11.8. The van der Waals surface area contributed by atoms with Crippen molar-refractivity contribution in [2.24, 2.45) is 5.92 Å². The average Bonchev–Trinajstić information content (AvgIpc) is 2.41. The van der Waals surface area contributed by atoms with Crippen molar-refractivity contribution in [3.8, 4) is 11.3 Å². The van der Waals surface area contributed by atoms with Crippen LogP contribution in [0.15, 0.2) is 41.2 Å². The first-order chi connectivity index (χ1) is 9.49. The van der Waals surface area contributed by atoms with Crippen LogP contribution in [0.5, 0.6) is 0 Å². The fraction of sp³-hybridized carbons (Fsp3) is 0.353. The molecule has 0 aliphatic heterocycles. The van der Waals surface area contributed by atoms with Gasteiger partial charge in [0, 0.05) is 6.54 Å². The predicted molar refractivity (Wildman–Crippen MR) is 84.7 cm³/mol. The van der Waals surface area contributed by atoms with Crippen molar-refractivity contribution in [3.63, 3.8) is 0 Å². The van der Waals surface area contributed by atoms with Gasteiger partial charge in [-0.3, -0.25) is 4.79 Å². The number of rotatable bonds is 4. The third kappa shape index (κ3) is 3.10. The normalized spacial score (nSPS) is 11.0. The first-order valence-corrected chi connectivity index (χ1v) is 7.05. The topological polar surface area (TPSA) is 48.0 Å². The number of benzene rings is 1. The lowest BCUT2D eigenvalue weighted by atomic mass is 10.1. The molecule has 0 aliphatic carbocycles. The third-order valence-electron chi connectivity index (χ3n) is 3.48. The quantitative estimate of drug-likeness (QED) is 0.925. The molecule has 0 atom stereocenters. The standard InChI is InChI=1S/C17H22N2O/c1-12(2)10-11-19-16(9-8-15(18)17(19)20)14-6-4-13(3)5-7-14/h4-9,12H,10-11,18H2,1-3H3. The SMILES string of the molecule is Cc1ccc(-c2ccc(N)c(=O)n2CCC(C)C)cc1. The lowest BCUT2D eigenvalue weighted by Gasteiger charge is -2.15. The van der Waals surface area contributed by atoms with Crippen LogP contribution in [0.2, 0.25) is 0 Å². The number of anilines is 1. The molecule has 1 aromatic heterocycles. The molecule has 2 aromatic rings. The van der Waals surface area contributed by atoms with Gasteiger partial charge >= 0.3 is 0 Å². The molecule has 0 aliphatic rings. The van der Waals surface area contributed by atoms with Crippen LogP contribution in [0.3, 0.4) is 0 Å². The van der Waals surface area contributed by atoms with E-state index in [9.17, 15) is 4.79 Å². The first kappa shape index (κ1) is 14.4. The molecule has 20 heavy (non-hydrogen) atoms. The van der Waals surface area contributed by atoms with E-state index in [0.29, 0.717) is 18.2 Å². The van der Waals surface area contributed by atoms with Crippen LogP contribution in [-0.2, 0) is 6.54 Å². The van der Waals surface area contributed by atoms with Crippen molar-refractivity contribution in [3.05, 3.63) is 52.3 Å². The molecule has 1 aromatic carbocycles. The van der Waals surface area contributed by atoms with Crippen LogP contribution in [-0.4, -0.2) is 4.57 Å². The van der Waals surface area contributed by atoms with Crippen LogP contribution in [0.4, 0.5) is 5.69 Å². The largest absolute Gasteiger partial charge is 0.394 e. The van der Waals surface area contributed by atoms with Crippen molar-refractivity contribution in [2.75, 3.05) is 5.73 Å². The van der Waals surface area contributed by atoms with Gasteiger partial charge in [-0.2, -0.15) is 0 Å². The van der Waals surface area contributed by atoms with Crippen molar-refractivity contribution in [2.45, 2.75) is 33.7 Å². The Balaban J connectivity index is 2.49. The molecule has 0 radical (unpaired) electrons. The molecule has 2 rings (SSSR count). The minimum absolute atomic E-state index is 0.0938. The lowest BCUT2D eigenvalue weighted by Crippen LogP contribution is -2.24. The maximum Gasteiger partial charge on any atom is 0.274 e. The summed E-state index contributed by atoms with van der Waals surface area (Å²) in [5, 5.41) is 0. The van der Waals surface area contributed by atoms with Gasteiger partial charge in [0.25, 0.3) is 5.56 Å². The summed E-state index contributed by atoms with van der Waals surface area (Å²) in [5.41, 5.74) is 9.18. The van der Waals surface area contributed by atoms with E-state index in [4.69, 9.17) is 5.73 Å². The van der Waals surface area contributed by atoms with Crippen LogP contribution in [0.25, 0.3) is 11.3 Å². The van der Waals surface area contributed by atoms with Gasteiger partial charge in [-0.1, -0.05) is 43.7 Å². The minimum Gasteiger partial charge on any atom is -0.394 e. The number of hydrogen-bond acceptors (Lipinski definition) is 2. The number of aromatic nitrogens is 1. The summed E-state index contributed by atoms with van der Waals surface area (Å²) in [7, 11) is 0. The second-order valence-electron chi connectivity index (χ2n) is 5.68. The number of nitrogen functional groups attached to an aromatic ring is 1. The number of nitrogens with two attached hydrogens (primary N) is 1. The Bertz CT molecular complexity index is 639. The van der Waals surface area contributed by atoms with Gasteiger partial charge in [0.15, 0.2) is 0 Å². The Morgan fingerprint density at radius 1 is 1.10 bits per heavy atom. The highest BCUT2D eigenvalue weighted by Gasteiger charge is 2.09. The molecule has 1 heterocycles. The monoisotopic (exact) mass is 270 g/mol. The zero-order valence-electron chi connectivity index (χ0n) is 12.4. The van der Waals surface area contributed by atoms with E-state index in [0.717, 1.165) is 17.7 Å². The van der Waals surface area contributed by atoms with Gasteiger partial charge in [-0.25, -0.2) is 0 Å². The molecular weight excluding hydrogens is 248 g/mol. The third-order valence-corrected chi connectivity index (χ3v) is 3.48. The van der Waals surface area contributed by atoms with E-state index in [2.05, 4.69) is 32.9 Å². The van der Waals surface area contributed by atoms with Crippen molar-refractivity contribution in [1.29, 1.82) is 0 Å². The van der Waals surface area contributed by atoms with E-state index in [1.807, 2.05) is 18.2 Å². The zero-order chi connectivity index (χ0) is 14.7. The number of hydrogen-bond donors (Lipinski definition) is 1. The maximum absolute atomic E-state index is 12.3. The van der Waals surface area contributed by atoms with Crippen molar-refractivity contribution >= 4 is 5.69 Å².